The van der Waals surface area contributed by atoms with Crippen molar-refractivity contribution in [3.05, 3.63) is 82.0 Å². The minimum atomic E-state index is -0.570. The number of benzene rings is 2. The van der Waals surface area contributed by atoms with E-state index in [1.165, 1.54) is 18.2 Å². The number of carbonyl (C=O) groups is 1. The number of hydrogen-bond donors (Lipinski definition) is 1. The van der Waals surface area contributed by atoms with Crippen molar-refractivity contribution >= 4 is 22.5 Å². The van der Waals surface area contributed by atoms with Crippen LogP contribution in [0.4, 0.5) is 4.39 Å². The summed E-state index contributed by atoms with van der Waals surface area (Å²) in [5.74, 6) is -0.558. The van der Waals surface area contributed by atoms with Crippen LogP contribution in [0.15, 0.2) is 59.4 Å². The number of aryl methyl sites for hydroxylation is 1. The minimum absolute atomic E-state index is 0.218. The molecule has 0 fully saturated rings. The summed E-state index contributed by atoms with van der Waals surface area (Å²) >= 11 is 0. The molecule has 1 N–H and O–H groups in total. The molecule has 0 aliphatic heterocycles. The van der Waals surface area contributed by atoms with E-state index < -0.39 is 6.04 Å². The van der Waals surface area contributed by atoms with Gasteiger partial charge in [0.15, 0.2) is 5.65 Å². The number of amides is 1. The first-order valence-electron chi connectivity index (χ1n) is 8.97. The summed E-state index contributed by atoms with van der Waals surface area (Å²) in [5.41, 5.74) is 2.38. The number of nitrogens with one attached hydrogen (secondary N) is 1. The molecule has 4 rings (SSSR count). The first-order valence-corrected chi connectivity index (χ1v) is 8.97. The van der Waals surface area contributed by atoms with Crippen LogP contribution in [0.1, 0.15) is 24.2 Å². The van der Waals surface area contributed by atoms with E-state index in [-0.39, 0.29) is 23.8 Å². The second kappa shape index (κ2) is 6.92. The zero-order valence-electron chi connectivity index (χ0n) is 15.5. The van der Waals surface area contributed by atoms with Crippen LogP contribution in [0.25, 0.3) is 16.6 Å². The van der Waals surface area contributed by atoms with Crippen molar-refractivity contribution in [1.82, 2.24) is 19.5 Å². The van der Waals surface area contributed by atoms with E-state index in [0.29, 0.717) is 16.9 Å². The van der Waals surface area contributed by atoms with Crippen LogP contribution in [-0.4, -0.2) is 20.1 Å². The van der Waals surface area contributed by atoms with Crippen LogP contribution in [0.2, 0.25) is 0 Å². The van der Waals surface area contributed by atoms with Gasteiger partial charge in [-0.1, -0.05) is 24.3 Å². The highest BCUT2D eigenvalue weighted by atomic mass is 19.1. The zero-order valence-corrected chi connectivity index (χ0v) is 15.5. The topological polar surface area (TPSA) is 68.4 Å². The number of carbonyl (C=O) groups excluding carboxylic acids is 1. The zero-order chi connectivity index (χ0) is 19.8. The van der Waals surface area contributed by atoms with Crippen LogP contribution in [-0.2, 0) is 11.3 Å². The Balaban J connectivity index is 1.74. The van der Waals surface area contributed by atoms with Crippen molar-refractivity contribution in [3.8, 4) is 0 Å². The van der Waals surface area contributed by atoms with Gasteiger partial charge in [0.05, 0.1) is 5.52 Å². The molecule has 0 spiro atoms. The molecule has 0 saturated carbocycles. The minimum Gasteiger partial charge on any atom is -0.350 e. The van der Waals surface area contributed by atoms with Gasteiger partial charge < -0.3 is 5.32 Å². The molecule has 0 aliphatic carbocycles. The molecule has 7 heteroatoms. The highest BCUT2D eigenvalue weighted by molar-refractivity contribution is 5.94. The van der Waals surface area contributed by atoms with Crippen LogP contribution < -0.4 is 10.9 Å². The SMILES string of the molecule is Cc1cc(=O)nc2c3ccccc3n([C@H](C)C(=O)NCc3cccc(F)c3)n12. The monoisotopic (exact) mass is 378 g/mol. The lowest BCUT2D eigenvalue weighted by Gasteiger charge is -2.18. The van der Waals surface area contributed by atoms with Gasteiger partial charge in [-0.3, -0.25) is 14.3 Å². The molecule has 4 aromatic rings. The van der Waals surface area contributed by atoms with Gasteiger partial charge in [0, 0.05) is 23.7 Å². The number of hydrogen-bond acceptors (Lipinski definition) is 3. The molecule has 28 heavy (non-hydrogen) atoms. The Morgan fingerprint density at radius 3 is 2.75 bits per heavy atom. The molecule has 0 radical (unpaired) electrons. The number of nitrogens with zero attached hydrogens (tertiary/aromatic N) is 3. The van der Waals surface area contributed by atoms with E-state index in [1.54, 1.807) is 23.6 Å². The fourth-order valence-corrected chi connectivity index (χ4v) is 3.48. The summed E-state index contributed by atoms with van der Waals surface area (Å²) in [4.78, 5) is 28.9. The molecule has 0 aliphatic rings. The maximum absolute atomic E-state index is 13.3. The molecule has 2 aromatic carbocycles. The van der Waals surface area contributed by atoms with Gasteiger partial charge in [0.25, 0.3) is 5.56 Å². The average molecular weight is 378 g/mol. The maximum atomic E-state index is 13.3. The summed E-state index contributed by atoms with van der Waals surface area (Å²) in [6, 6.07) is 14.5. The molecule has 142 valence electrons. The fraction of sp³-hybridized carbons (Fsp3) is 0.190. The maximum Gasteiger partial charge on any atom is 0.273 e. The molecule has 6 nitrogen and oxygen atoms in total. The number of para-hydroxylation sites is 1. The molecular weight excluding hydrogens is 359 g/mol. The van der Waals surface area contributed by atoms with Crippen LogP contribution in [0.5, 0.6) is 0 Å². The second-order valence-electron chi connectivity index (χ2n) is 6.76. The lowest BCUT2D eigenvalue weighted by molar-refractivity contribution is -0.124. The Morgan fingerprint density at radius 1 is 1.18 bits per heavy atom. The van der Waals surface area contributed by atoms with E-state index in [4.69, 9.17) is 0 Å². The van der Waals surface area contributed by atoms with Crippen molar-refractivity contribution in [2.24, 2.45) is 0 Å². The summed E-state index contributed by atoms with van der Waals surface area (Å²) in [6.07, 6.45) is 0. The van der Waals surface area contributed by atoms with Crippen molar-refractivity contribution in [2.45, 2.75) is 26.4 Å². The Morgan fingerprint density at radius 2 is 1.96 bits per heavy atom. The molecule has 0 bridgehead atoms. The van der Waals surface area contributed by atoms with Crippen molar-refractivity contribution in [1.29, 1.82) is 0 Å². The van der Waals surface area contributed by atoms with Gasteiger partial charge in [0.1, 0.15) is 11.9 Å². The van der Waals surface area contributed by atoms with Gasteiger partial charge in [-0.15, -0.1) is 0 Å². The predicted molar refractivity (Wildman–Crippen MR) is 105 cm³/mol. The number of halogens is 1. The largest absolute Gasteiger partial charge is 0.350 e. The van der Waals surface area contributed by atoms with Crippen LogP contribution in [0.3, 0.4) is 0 Å². The fourth-order valence-electron chi connectivity index (χ4n) is 3.48. The van der Waals surface area contributed by atoms with Crippen LogP contribution >= 0.6 is 0 Å². The third-order valence-electron chi connectivity index (χ3n) is 4.79. The number of aromatic nitrogens is 3. The summed E-state index contributed by atoms with van der Waals surface area (Å²) in [6.45, 7) is 3.82. The smallest absolute Gasteiger partial charge is 0.273 e. The molecule has 0 unspecified atom stereocenters. The third kappa shape index (κ3) is 3.05. The lowest BCUT2D eigenvalue weighted by atomic mass is 10.2. The standard InChI is InChI=1S/C21H19FN4O2/c1-13-10-19(27)24-20-17-8-3-4-9-18(17)26(25(13)20)14(2)21(28)23-12-15-6-5-7-16(22)11-15/h3-11,14H,12H2,1-2H3,(H,23,28)/t14-/m1/s1. The quantitative estimate of drug-likeness (QED) is 0.594. The Hall–Kier alpha value is -3.48. The van der Waals surface area contributed by atoms with Gasteiger partial charge in [-0.05, 0) is 43.7 Å². The number of fused-ring (bicyclic) bond motifs is 3. The first kappa shape index (κ1) is 17.9. The Labute approximate surface area is 160 Å². The second-order valence-corrected chi connectivity index (χ2v) is 6.76. The average Bonchev–Trinajstić information content (AvgIpc) is 3.00. The van der Waals surface area contributed by atoms with Crippen molar-refractivity contribution in [3.63, 3.8) is 0 Å². The highest BCUT2D eigenvalue weighted by Gasteiger charge is 2.22. The van der Waals surface area contributed by atoms with E-state index in [0.717, 1.165) is 10.9 Å². The van der Waals surface area contributed by atoms with E-state index in [9.17, 15) is 14.0 Å². The van der Waals surface area contributed by atoms with Crippen LogP contribution in [0, 0.1) is 12.7 Å². The normalized spacial score (nSPS) is 12.4. The summed E-state index contributed by atoms with van der Waals surface area (Å²) < 4.78 is 17.0. The van der Waals surface area contributed by atoms with E-state index in [2.05, 4.69) is 10.3 Å². The Bertz CT molecular complexity index is 1260. The predicted octanol–water partition coefficient (Wildman–Crippen LogP) is 2.97. The lowest BCUT2D eigenvalue weighted by Crippen LogP contribution is -2.32. The molecular formula is C21H19FN4O2. The molecule has 2 aromatic heterocycles. The van der Waals surface area contributed by atoms with Gasteiger partial charge >= 0.3 is 0 Å². The molecule has 1 amide bonds. The Kier molecular flexibility index (Phi) is 4.43. The van der Waals surface area contributed by atoms with Gasteiger partial charge in [0.2, 0.25) is 5.91 Å². The summed E-state index contributed by atoms with van der Waals surface area (Å²) in [5, 5.41) is 3.65. The molecule has 0 saturated heterocycles. The third-order valence-corrected chi connectivity index (χ3v) is 4.79. The van der Waals surface area contributed by atoms with Gasteiger partial charge in [-0.25, -0.2) is 8.91 Å². The summed E-state index contributed by atoms with van der Waals surface area (Å²) in [7, 11) is 0. The highest BCUT2D eigenvalue weighted by Crippen LogP contribution is 2.25. The molecule has 1 atom stereocenters. The van der Waals surface area contributed by atoms with E-state index >= 15 is 0 Å². The van der Waals surface area contributed by atoms with Crippen molar-refractivity contribution in [2.75, 3.05) is 0 Å². The number of rotatable bonds is 4. The van der Waals surface area contributed by atoms with Crippen molar-refractivity contribution < 1.29 is 9.18 Å². The molecule has 2 heterocycles. The van der Waals surface area contributed by atoms with Gasteiger partial charge in [-0.2, -0.15) is 4.98 Å². The first-order chi connectivity index (χ1) is 13.5. The van der Waals surface area contributed by atoms with E-state index in [1.807, 2.05) is 35.9 Å².